The molecule has 0 saturated carbocycles. The van der Waals surface area contributed by atoms with Crippen molar-refractivity contribution >= 4 is 18.0 Å². The van der Waals surface area contributed by atoms with Crippen LogP contribution in [0, 0.1) is 5.41 Å². The first-order chi connectivity index (χ1) is 12.7. The van der Waals surface area contributed by atoms with Gasteiger partial charge in [-0.1, -0.05) is 30.3 Å². The van der Waals surface area contributed by atoms with Gasteiger partial charge in [-0.15, -0.1) is 5.06 Å². The predicted octanol–water partition coefficient (Wildman–Crippen LogP) is 1.99. The third-order valence-electron chi connectivity index (χ3n) is 4.08. The highest BCUT2D eigenvalue weighted by Gasteiger charge is 2.39. The molecule has 0 unspecified atom stereocenters. The van der Waals surface area contributed by atoms with E-state index in [-0.39, 0.29) is 26.2 Å². The molecule has 1 aromatic carbocycles. The number of ether oxygens (including phenoxy) is 2. The summed E-state index contributed by atoms with van der Waals surface area (Å²) in [5.41, 5.74) is 0.171. The molecule has 1 aliphatic heterocycles. The summed E-state index contributed by atoms with van der Waals surface area (Å²) < 4.78 is 10.1. The third kappa shape index (κ3) is 5.68. The van der Waals surface area contributed by atoms with E-state index in [2.05, 4.69) is 0 Å². The summed E-state index contributed by atoms with van der Waals surface area (Å²) in [4.78, 5) is 43.3. The Labute approximate surface area is 158 Å². The molecule has 8 nitrogen and oxygen atoms in total. The second kappa shape index (κ2) is 8.85. The van der Waals surface area contributed by atoms with Crippen LogP contribution in [-0.4, -0.2) is 60.8 Å². The van der Waals surface area contributed by atoms with Crippen molar-refractivity contribution in [2.24, 2.45) is 5.41 Å². The monoisotopic (exact) mass is 378 g/mol. The minimum atomic E-state index is -0.917. The fourth-order valence-electron chi connectivity index (χ4n) is 2.45. The van der Waals surface area contributed by atoms with Gasteiger partial charge in [0.2, 0.25) is 0 Å². The largest absolute Gasteiger partial charge is 0.467 e. The first kappa shape index (κ1) is 20.7. The van der Waals surface area contributed by atoms with Crippen LogP contribution in [0.15, 0.2) is 30.3 Å². The van der Waals surface area contributed by atoms with Gasteiger partial charge in [-0.2, -0.15) is 0 Å². The molecule has 0 spiro atoms. The van der Waals surface area contributed by atoms with Crippen molar-refractivity contribution in [1.29, 1.82) is 0 Å². The molecule has 1 atom stereocenters. The molecule has 0 bridgehead atoms. The zero-order chi connectivity index (χ0) is 20.0. The zero-order valence-corrected chi connectivity index (χ0v) is 16.1. The fourth-order valence-corrected chi connectivity index (χ4v) is 2.45. The lowest BCUT2D eigenvalue weighted by atomic mass is 9.98. The maximum absolute atomic E-state index is 12.5. The zero-order valence-electron chi connectivity index (χ0n) is 16.1. The van der Waals surface area contributed by atoms with E-state index in [0.717, 1.165) is 5.56 Å². The van der Waals surface area contributed by atoms with E-state index in [1.807, 2.05) is 30.3 Å². The lowest BCUT2D eigenvalue weighted by molar-refractivity contribution is -0.212. The van der Waals surface area contributed by atoms with Crippen LogP contribution < -0.4 is 0 Å². The normalized spacial score (nSPS) is 17.9. The number of benzene rings is 1. The summed E-state index contributed by atoms with van der Waals surface area (Å²) in [6, 6.07) is 8.34. The molecular formula is C19H26N2O6. The number of carbonyl (C=O) groups excluding carboxylic acids is 3. The van der Waals surface area contributed by atoms with Crippen molar-refractivity contribution in [3.63, 3.8) is 0 Å². The van der Waals surface area contributed by atoms with Crippen molar-refractivity contribution in [3.05, 3.63) is 35.9 Å². The van der Waals surface area contributed by atoms with E-state index < -0.39 is 29.5 Å². The molecule has 0 aromatic heterocycles. The molecule has 1 heterocycles. The van der Waals surface area contributed by atoms with E-state index in [1.54, 1.807) is 20.8 Å². The van der Waals surface area contributed by atoms with Crippen LogP contribution in [0.2, 0.25) is 0 Å². The molecule has 148 valence electrons. The smallest absolute Gasteiger partial charge is 0.410 e. The fraction of sp³-hybridized carbons (Fsp3) is 0.526. The first-order valence-corrected chi connectivity index (χ1v) is 8.75. The molecule has 0 aliphatic carbocycles. The molecule has 0 N–H and O–H groups in total. The van der Waals surface area contributed by atoms with Gasteiger partial charge >= 0.3 is 18.0 Å². The van der Waals surface area contributed by atoms with Crippen LogP contribution in [-0.2, 0) is 30.5 Å². The number of carbonyl (C=O) groups is 3. The van der Waals surface area contributed by atoms with Gasteiger partial charge < -0.3 is 14.3 Å². The van der Waals surface area contributed by atoms with Gasteiger partial charge in [0.1, 0.15) is 12.6 Å². The average Bonchev–Trinajstić information content (AvgIpc) is 2.65. The Morgan fingerprint density at radius 2 is 1.78 bits per heavy atom. The van der Waals surface area contributed by atoms with Crippen molar-refractivity contribution in [3.8, 4) is 0 Å². The summed E-state index contributed by atoms with van der Waals surface area (Å²) in [7, 11) is 1.25. The van der Waals surface area contributed by atoms with E-state index in [0.29, 0.717) is 0 Å². The van der Waals surface area contributed by atoms with Gasteiger partial charge in [-0.05, 0) is 26.3 Å². The second-order valence-corrected chi connectivity index (χ2v) is 7.29. The molecule has 8 heteroatoms. The molecule has 1 amide bonds. The highest BCUT2D eigenvalue weighted by atomic mass is 16.7. The minimum absolute atomic E-state index is 0.0227. The van der Waals surface area contributed by atoms with Crippen molar-refractivity contribution in [1.82, 2.24) is 9.96 Å². The minimum Gasteiger partial charge on any atom is -0.467 e. The van der Waals surface area contributed by atoms with Crippen LogP contribution >= 0.6 is 0 Å². The van der Waals surface area contributed by atoms with Gasteiger partial charge in [0.15, 0.2) is 0 Å². The average molecular weight is 378 g/mol. The molecular weight excluding hydrogens is 352 g/mol. The molecule has 0 radical (unpaired) electrons. The number of amides is 1. The van der Waals surface area contributed by atoms with E-state index in [9.17, 15) is 14.4 Å². The van der Waals surface area contributed by atoms with Gasteiger partial charge in [0, 0.05) is 6.54 Å². The number of piperazine rings is 1. The molecule has 27 heavy (non-hydrogen) atoms. The Bertz CT molecular complexity index is 671. The molecule has 2 rings (SSSR count). The van der Waals surface area contributed by atoms with E-state index >= 15 is 0 Å². The van der Waals surface area contributed by atoms with Crippen LogP contribution in [0.3, 0.4) is 0 Å². The lowest BCUT2D eigenvalue weighted by Gasteiger charge is -2.38. The van der Waals surface area contributed by atoms with Crippen LogP contribution in [0.25, 0.3) is 0 Å². The number of hydrogen-bond acceptors (Lipinski definition) is 7. The number of nitrogens with zero attached hydrogens (tertiary/aromatic N) is 2. The van der Waals surface area contributed by atoms with Crippen molar-refractivity contribution in [2.75, 3.05) is 26.7 Å². The SMILES string of the molecule is COC(=O)[C@@H]1CN(OC(=O)C(C)(C)C)CCN1C(=O)OCc1ccccc1. The topological polar surface area (TPSA) is 85.4 Å². The molecule has 1 aromatic rings. The van der Waals surface area contributed by atoms with Crippen LogP contribution in [0.4, 0.5) is 4.79 Å². The quantitative estimate of drug-likeness (QED) is 0.741. The molecule has 1 fully saturated rings. The number of hydroxylamine groups is 2. The Morgan fingerprint density at radius 3 is 2.37 bits per heavy atom. The Balaban J connectivity index is 2.00. The Kier molecular flexibility index (Phi) is 6.79. The summed E-state index contributed by atoms with van der Waals surface area (Å²) in [6.45, 7) is 5.79. The van der Waals surface area contributed by atoms with E-state index in [1.165, 1.54) is 17.1 Å². The van der Waals surface area contributed by atoms with Gasteiger partial charge in [0.25, 0.3) is 0 Å². The number of esters is 1. The van der Waals surface area contributed by atoms with Crippen LogP contribution in [0.1, 0.15) is 26.3 Å². The van der Waals surface area contributed by atoms with Crippen molar-refractivity contribution < 1.29 is 28.7 Å². The Morgan fingerprint density at radius 1 is 1.11 bits per heavy atom. The first-order valence-electron chi connectivity index (χ1n) is 8.75. The molecule has 1 aliphatic rings. The Hall–Kier alpha value is -2.61. The predicted molar refractivity (Wildman–Crippen MR) is 96.3 cm³/mol. The van der Waals surface area contributed by atoms with Crippen LogP contribution in [0.5, 0.6) is 0 Å². The van der Waals surface area contributed by atoms with Crippen molar-refractivity contribution in [2.45, 2.75) is 33.4 Å². The highest BCUT2D eigenvalue weighted by molar-refractivity contribution is 5.82. The maximum Gasteiger partial charge on any atom is 0.410 e. The number of methoxy groups -OCH3 is 1. The van der Waals surface area contributed by atoms with E-state index in [4.69, 9.17) is 14.3 Å². The summed E-state index contributed by atoms with van der Waals surface area (Å²) >= 11 is 0. The molecule has 1 saturated heterocycles. The van der Waals surface area contributed by atoms with Gasteiger partial charge in [-0.3, -0.25) is 4.90 Å². The van der Waals surface area contributed by atoms with Gasteiger partial charge in [0.05, 0.1) is 25.6 Å². The van der Waals surface area contributed by atoms with Gasteiger partial charge in [-0.25, -0.2) is 14.4 Å². The number of hydrogen-bond donors (Lipinski definition) is 0. The lowest BCUT2D eigenvalue weighted by Crippen LogP contribution is -2.59. The standard InChI is InChI=1S/C19H26N2O6/c1-19(2,3)17(23)27-20-10-11-21(15(12-20)16(22)25-4)18(24)26-13-14-8-6-5-7-9-14/h5-9,15H,10-13H2,1-4H3/t15-/m0/s1. The number of rotatable bonds is 4. The second-order valence-electron chi connectivity index (χ2n) is 7.29. The summed E-state index contributed by atoms with van der Waals surface area (Å²) in [6.07, 6.45) is -0.615. The summed E-state index contributed by atoms with van der Waals surface area (Å²) in [5.74, 6) is -1.01. The highest BCUT2D eigenvalue weighted by Crippen LogP contribution is 2.19. The summed E-state index contributed by atoms with van der Waals surface area (Å²) in [5, 5.41) is 1.39. The maximum atomic E-state index is 12.5. The third-order valence-corrected chi connectivity index (χ3v) is 4.08.